The van der Waals surface area contributed by atoms with Gasteiger partial charge in [-0.25, -0.2) is 0 Å². The van der Waals surface area contributed by atoms with Crippen LogP contribution >= 0.6 is 0 Å². The van der Waals surface area contributed by atoms with Crippen molar-refractivity contribution in [2.24, 2.45) is 0 Å². The summed E-state index contributed by atoms with van der Waals surface area (Å²) in [5.74, 6) is -0.0789. The highest BCUT2D eigenvalue weighted by atomic mass is 16.5. The number of carbonyl (C=O) groups is 2. The average Bonchev–Trinajstić information content (AvgIpc) is 3.31. The molecule has 0 rings (SSSR count). The van der Waals surface area contributed by atoms with Crippen molar-refractivity contribution in [1.82, 2.24) is 5.32 Å². The van der Waals surface area contributed by atoms with E-state index in [0.29, 0.717) is 19.4 Å². The summed E-state index contributed by atoms with van der Waals surface area (Å²) >= 11 is 0. The Labute approximate surface area is 404 Å². The highest BCUT2D eigenvalue weighted by molar-refractivity contribution is 5.76. The predicted octanol–water partition coefficient (Wildman–Crippen LogP) is 17.4. The van der Waals surface area contributed by atoms with E-state index in [0.717, 1.165) is 51.4 Å². The number of carbonyl (C=O) groups excluding carboxylic acids is 2. The quantitative estimate of drug-likeness (QED) is 0.0321. The van der Waals surface area contributed by atoms with Crippen LogP contribution in [0.25, 0.3) is 0 Å². The number of esters is 1. The number of hydrogen-bond donors (Lipinski definition) is 3. The molecule has 2 unspecified atom stereocenters. The maximum absolute atomic E-state index is 12.4. The minimum absolute atomic E-state index is 0.00333. The standard InChI is InChI=1S/C59H109NO5/c1-3-5-7-9-11-13-15-32-35-39-43-47-51-57(62)56(55-61)60-58(63)52-48-44-40-36-33-29-27-25-23-21-19-17-16-18-20-22-24-26-28-30-34-38-42-46-50-54-65-59(64)53-49-45-41-37-31-14-12-10-8-6-4-2/h10,12,17-20,47,51,56-57,61-62H,3-9,11,13-16,21-46,48-50,52-55H2,1-2H3,(H,60,63)/b12-10-,19-17-,20-18-,51-47+. The molecule has 0 heterocycles. The molecule has 0 aliphatic rings. The fraction of sp³-hybridized carbons (Fsp3) is 0.831. The SMILES string of the molecule is CCCC/C=C\CCCCCCCC(=O)OCCCCCCCCCCC/C=C\C/C=C\CCCCCCCCCCCC(=O)NC(CO)C(O)/C=C/CCCCCCCCCCCC. The zero-order valence-corrected chi connectivity index (χ0v) is 43.2. The number of rotatable bonds is 52. The Morgan fingerprint density at radius 3 is 1.23 bits per heavy atom. The van der Waals surface area contributed by atoms with Gasteiger partial charge in [0, 0.05) is 12.8 Å². The first-order valence-electron chi connectivity index (χ1n) is 28.4. The molecular formula is C59H109NO5. The third kappa shape index (κ3) is 51.1. The van der Waals surface area contributed by atoms with Crippen molar-refractivity contribution in [3.8, 4) is 0 Å². The number of amides is 1. The highest BCUT2D eigenvalue weighted by Gasteiger charge is 2.18. The Balaban J connectivity index is 3.46. The Morgan fingerprint density at radius 1 is 0.431 bits per heavy atom. The molecule has 0 aliphatic carbocycles. The second-order valence-corrected chi connectivity index (χ2v) is 19.3. The van der Waals surface area contributed by atoms with Crippen molar-refractivity contribution in [2.75, 3.05) is 13.2 Å². The molecule has 2 atom stereocenters. The van der Waals surface area contributed by atoms with Crippen molar-refractivity contribution in [1.29, 1.82) is 0 Å². The van der Waals surface area contributed by atoms with E-state index in [-0.39, 0.29) is 18.5 Å². The van der Waals surface area contributed by atoms with Gasteiger partial charge >= 0.3 is 5.97 Å². The lowest BCUT2D eigenvalue weighted by Gasteiger charge is -2.20. The van der Waals surface area contributed by atoms with Crippen LogP contribution in [0.4, 0.5) is 0 Å². The van der Waals surface area contributed by atoms with E-state index >= 15 is 0 Å². The lowest BCUT2D eigenvalue weighted by molar-refractivity contribution is -0.143. The van der Waals surface area contributed by atoms with Gasteiger partial charge in [0.2, 0.25) is 5.91 Å². The van der Waals surface area contributed by atoms with E-state index < -0.39 is 12.1 Å². The summed E-state index contributed by atoms with van der Waals surface area (Å²) in [4.78, 5) is 24.4. The fourth-order valence-electron chi connectivity index (χ4n) is 8.41. The van der Waals surface area contributed by atoms with E-state index in [1.54, 1.807) is 6.08 Å². The second kappa shape index (κ2) is 54.4. The molecule has 0 aromatic rings. The molecule has 0 bridgehead atoms. The van der Waals surface area contributed by atoms with Crippen LogP contribution in [-0.2, 0) is 14.3 Å². The number of unbranched alkanes of at least 4 members (excludes halogenated alkanes) is 35. The number of hydrogen-bond acceptors (Lipinski definition) is 5. The zero-order chi connectivity index (χ0) is 47.2. The summed E-state index contributed by atoms with van der Waals surface area (Å²) in [5, 5.41) is 23.0. The molecule has 0 aliphatic heterocycles. The van der Waals surface area contributed by atoms with E-state index in [9.17, 15) is 19.8 Å². The van der Waals surface area contributed by atoms with E-state index in [2.05, 4.69) is 55.6 Å². The maximum atomic E-state index is 12.4. The van der Waals surface area contributed by atoms with Gasteiger partial charge in [0.15, 0.2) is 0 Å². The highest BCUT2D eigenvalue weighted by Crippen LogP contribution is 2.15. The number of aliphatic hydroxyl groups is 2. The molecule has 0 saturated heterocycles. The lowest BCUT2D eigenvalue weighted by Crippen LogP contribution is -2.45. The molecule has 0 saturated carbocycles. The lowest BCUT2D eigenvalue weighted by atomic mass is 10.0. The number of aliphatic hydroxyl groups excluding tert-OH is 2. The van der Waals surface area contributed by atoms with Crippen molar-refractivity contribution >= 4 is 11.9 Å². The molecule has 6 heteroatoms. The molecule has 0 aromatic carbocycles. The third-order valence-corrected chi connectivity index (χ3v) is 12.8. The molecular weight excluding hydrogens is 803 g/mol. The van der Waals surface area contributed by atoms with Gasteiger partial charge in [-0.2, -0.15) is 0 Å². The van der Waals surface area contributed by atoms with Crippen LogP contribution < -0.4 is 5.32 Å². The monoisotopic (exact) mass is 912 g/mol. The second-order valence-electron chi connectivity index (χ2n) is 19.3. The third-order valence-electron chi connectivity index (χ3n) is 12.8. The molecule has 0 fully saturated rings. The van der Waals surface area contributed by atoms with E-state index in [4.69, 9.17) is 4.74 Å². The Morgan fingerprint density at radius 2 is 0.785 bits per heavy atom. The van der Waals surface area contributed by atoms with Crippen LogP contribution in [0, 0.1) is 0 Å². The van der Waals surface area contributed by atoms with Crippen molar-refractivity contribution < 1.29 is 24.5 Å². The van der Waals surface area contributed by atoms with Gasteiger partial charge in [0.05, 0.1) is 25.4 Å². The van der Waals surface area contributed by atoms with Crippen LogP contribution in [0.3, 0.4) is 0 Å². The van der Waals surface area contributed by atoms with Gasteiger partial charge in [0.25, 0.3) is 0 Å². The maximum Gasteiger partial charge on any atom is 0.305 e. The van der Waals surface area contributed by atoms with Crippen LogP contribution in [0.1, 0.15) is 290 Å². The smallest absolute Gasteiger partial charge is 0.305 e. The van der Waals surface area contributed by atoms with E-state index in [1.807, 2.05) is 6.08 Å². The number of ether oxygens (including phenoxy) is 1. The molecule has 1 amide bonds. The van der Waals surface area contributed by atoms with Crippen molar-refractivity contribution in [2.45, 2.75) is 302 Å². The summed E-state index contributed by atoms with van der Waals surface area (Å²) in [5.41, 5.74) is 0. The number of nitrogens with one attached hydrogen (secondary N) is 1. The minimum atomic E-state index is -0.848. The average molecular weight is 913 g/mol. The fourth-order valence-corrected chi connectivity index (χ4v) is 8.41. The molecule has 6 nitrogen and oxygen atoms in total. The minimum Gasteiger partial charge on any atom is -0.466 e. The van der Waals surface area contributed by atoms with Gasteiger partial charge in [-0.05, 0) is 83.5 Å². The van der Waals surface area contributed by atoms with Crippen molar-refractivity contribution in [3.63, 3.8) is 0 Å². The molecule has 65 heavy (non-hydrogen) atoms. The largest absolute Gasteiger partial charge is 0.466 e. The summed E-state index contributed by atoms with van der Waals surface area (Å²) in [7, 11) is 0. The summed E-state index contributed by atoms with van der Waals surface area (Å²) in [6, 6.07) is -0.632. The summed E-state index contributed by atoms with van der Waals surface area (Å²) < 4.78 is 5.45. The molecule has 0 spiro atoms. The van der Waals surface area contributed by atoms with Gasteiger partial charge in [-0.1, -0.05) is 242 Å². The molecule has 3 N–H and O–H groups in total. The summed E-state index contributed by atoms with van der Waals surface area (Å²) in [6.45, 7) is 4.84. The van der Waals surface area contributed by atoms with Crippen LogP contribution in [0.15, 0.2) is 48.6 Å². The Bertz CT molecular complexity index is 1100. The van der Waals surface area contributed by atoms with Gasteiger partial charge in [-0.15, -0.1) is 0 Å². The molecule has 380 valence electrons. The Kier molecular flexibility index (Phi) is 52.6. The molecule has 0 radical (unpaired) electrons. The first-order valence-corrected chi connectivity index (χ1v) is 28.4. The van der Waals surface area contributed by atoms with Crippen LogP contribution in [0.5, 0.6) is 0 Å². The normalized spacial score (nSPS) is 13.0. The predicted molar refractivity (Wildman–Crippen MR) is 282 cm³/mol. The zero-order valence-electron chi connectivity index (χ0n) is 43.2. The van der Waals surface area contributed by atoms with Crippen molar-refractivity contribution in [3.05, 3.63) is 48.6 Å². The van der Waals surface area contributed by atoms with Gasteiger partial charge < -0.3 is 20.3 Å². The van der Waals surface area contributed by atoms with Gasteiger partial charge in [0.1, 0.15) is 0 Å². The van der Waals surface area contributed by atoms with E-state index in [1.165, 1.54) is 212 Å². The molecule has 0 aromatic heterocycles. The van der Waals surface area contributed by atoms with Crippen LogP contribution in [-0.4, -0.2) is 47.4 Å². The van der Waals surface area contributed by atoms with Gasteiger partial charge in [-0.3, -0.25) is 9.59 Å². The topological polar surface area (TPSA) is 95.9 Å². The number of allylic oxidation sites excluding steroid dienone is 7. The van der Waals surface area contributed by atoms with Crippen LogP contribution in [0.2, 0.25) is 0 Å². The Hall–Kier alpha value is -2.18. The first-order chi connectivity index (χ1) is 32.0. The first kappa shape index (κ1) is 62.8. The summed E-state index contributed by atoms with van der Waals surface area (Å²) in [6.07, 6.45) is 68.5.